The highest BCUT2D eigenvalue weighted by molar-refractivity contribution is 5.53. The topological polar surface area (TPSA) is 60.4 Å². The van der Waals surface area contributed by atoms with Crippen LogP contribution in [0, 0.1) is 0 Å². The molecular weight excluding hydrogens is 216 g/mol. The normalized spacial score (nSPS) is 14.5. The van der Waals surface area contributed by atoms with Crippen molar-refractivity contribution in [3.05, 3.63) is 18.5 Å². The molecule has 1 rings (SSSR count). The first kappa shape index (κ1) is 13.7. The molecule has 0 radical (unpaired) electrons. The van der Waals surface area contributed by atoms with Gasteiger partial charge in [-0.2, -0.15) is 0 Å². The molecule has 0 amide bonds. The molecule has 1 atom stereocenters. The van der Waals surface area contributed by atoms with Crippen LogP contribution >= 0.6 is 0 Å². The molecule has 0 aliphatic carbocycles. The van der Waals surface area contributed by atoms with Crippen LogP contribution in [0.15, 0.2) is 18.5 Å². The van der Waals surface area contributed by atoms with E-state index in [0.717, 1.165) is 11.4 Å². The average molecular weight is 238 g/mol. The third-order valence-corrected chi connectivity index (χ3v) is 2.36. The Kier molecular flexibility index (Phi) is 4.72. The van der Waals surface area contributed by atoms with Gasteiger partial charge >= 0.3 is 0 Å². The van der Waals surface area contributed by atoms with Crippen molar-refractivity contribution in [2.75, 3.05) is 44.9 Å². The van der Waals surface area contributed by atoms with Crippen LogP contribution < -0.4 is 10.6 Å². The van der Waals surface area contributed by atoms with E-state index in [-0.39, 0.29) is 0 Å². The Hall–Kier alpha value is -1.33. The van der Waals surface area contributed by atoms with E-state index in [1.165, 1.54) is 0 Å². The van der Waals surface area contributed by atoms with Gasteiger partial charge in [0.1, 0.15) is 0 Å². The van der Waals surface area contributed by atoms with Crippen LogP contribution in [0.1, 0.15) is 6.92 Å². The van der Waals surface area contributed by atoms with Crippen LogP contribution in [0.3, 0.4) is 0 Å². The van der Waals surface area contributed by atoms with E-state index in [1.807, 2.05) is 39.0 Å². The van der Waals surface area contributed by atoms with Gasteiger partial charge in [0, 0.05) is 20.1 Å². The quantitative estimate of drug-likeness (QED) is 0.686. The minimum Gasteiger partial charge on any atom is -0.387 e. The average Bonchev–Trinajstić information content (AvgIpc) is 2.25. The largest absolute Gasteiger partial charge is 0.387 e. The van der Waals surface area contributed by atoms with Crippen LogP contribution in [0.25, 0.3) is 0 Å². The molecule has 0 saturated heterocycles. The monoisotopic (exact) mass is 238 g/mol. The number of aromatic nitrogens is 1. The van der Waals surface area contributed by atoms with Crippen molar-refractivity contribution >= 4 is 11.4 Å². The van der Waals surface area contributed by atoms with E-state index in [2.05, 4.69) is 15.6 Å². The van der Waals surface area contributed by atoms with Gasteiger partial charge in [-0.1, -0.05) is 0 Å². The molecule has 1 aromatic heterocycles. The van der Waals surface area contributed by atoms with Gasteiger partial charge in [-0.05, 0) is 27.1 Å². The number of nitrogens with zero attached hydrogens (tertiary/aromatic N) is 2. The molecule has 0 bridgehead atoms. The highest BCUT2D eigenvalue weighted by Crippen LogP contribution is 2.13. The summed E-state index contributed by atoms with van der Waals surface area (Å²) >= 11 is 0. The molecule has 1 aromatic rings. The lowest BCUT2D eigenvalue weighted by Gasteiger charge is -2.27. The first-order chi connectivity index (χ1) is 7.93. The second-order valence-electron chi connectivity index (χ2n) is 4.80. The van der Waals surface area contributed by atoms with Gasteiger partial charge in [0.2, 0.25) is 0 Å². The summed E-state index contributed by atoms with van der Waals surface area (Å²) in [5, 5.41) is 16.3. The molecular formula is C12H22N4O. The van der Waals surface area contributed by atoms with E-state index in [9.17, 15) is 5.11 Å². The summed E-state index contributed by atoms with van der Waals surface area (Å²) in [4.78, 5) is 6.06. The zero-order valence-electron chi connectivity index (χ0n) is 11.0. The molecule has 1 heterocycles. The molecule has 3 N–H and O–H groups in total. The molecule has 5 nitrogen and oxygen atoms in total. The van der Waals surface area contributed by atoms with Gasteiger partial charge in [-0.3, -0.25) is 4.98 Å². The predicted octanol–water partition coefficient (Wildman–Crippen LogP) is 0.848. The summed E-state index contributed by atoms with van der Waals surface area (Å²) in [5.74, 6) is 0. The minimum absolute atomic E-state index is 0.486. The number of hydrogen-bond donors (Lipinski definition) is 3. The number of rotatable bonds is 6. The molecule has 1 unspecified atom stereocenters. The van der Waals surface area contributed by atoms with Crippen LogP contribution in [-0.2, 0) is 0 Å². The summed E-state index contributed by atoms with van der Waals surface area (Å²) in [6.07, 6.45) is 3.50. The third kappa shape index (κ3) is 5.01. The van der Waals surface area contributed by atoms with E-state index in [0.29, 0.717) is 13.1 Å². The van der Waals surface area contributed by atoms with Gasteiger partial charge in [-0.15, -0.1) is 0 Å². The van der Waals surface area contributed by atoms with Crippen molar-refractivity contribution in [2.45, 2.75) is 12.5 Å². The van der Waals surface area contributed by atoms with Crippen molar-refractivity contribution in [1.82, 2.24) is 9.88 Å². The summed E-state index contributed by atoms with van der Waals surface area (Å²) in [7, 11) is 5.73. The number of anilines is 2. The van der Waals surface area contributed by atoms with Crippen LogP contribution in [-0.4, -0.2) is 54.8 Å². The fourth-order valence-corrected chi connectivity index (χ4v) is 1.70. The zero-order valence-corrected chi connectivity index (χ0v) is 11.0. The molecule has 0 spiro atoms. The Bertz CT molecular complexity index is 352. The Morgan fingerprint density at radius 2 is 2.00 bits per heavy atom. The van der Waals surface area contributed by atoms with E-state index < -0.39 is 5.60 Å². The van der Waals surface area contributed by atoms with Gasteiger partial charge < -0.3 is 20.6 Å². The molecule has 5 heteroatoms. The lowest BCUT2D eigenvalue weighted by Crippen LogP contribution is -2.43. The first-order valence-electron chi connectivity index (χ1n) is 5.67. The number of nitrogens with one attached hydrogen (secondary N) is 2. The standard InChI is InChI=1S/C12H22N4O/c1-12(17,9-16(3)4)8-15-11-5-10(13-2)6-14-7-11/h5-7,13,15,17H,8-9H2,1-4H3. The Labute approximate surface area is 103 Å². The maximum atomic E-state index is 10.1. The highest BCUT2D eigenvalue weighted by atomic mass is 16.3. The van der Waals surface area contributed by atoms with Gasteiger partial charge in [0.25, 0.3) is 0 Å². The number of hydrogen-bond acceptors (Lipinski definition) is 5. The first-order valence-corrected chi connectivity index (χ1v) is 5.67. The Morgan fingerprint density at radius 3 is 2.59 bits per heavy atom. The van der Waals surface area contributed by atoms with Gasteiger partial charge in [0.15, 0.2) is 0 Å². The molecule has 0 aliphatic heterocycles. The number of aliphatic hydroxyl groups is 1. The summed E-state index contributed by atoms with van der Waals surface area (Å²) in [6, 6.07) is 1.96. The maximum Gasteiger partial charge on any atom is 0.0917 e. The lowest BCUT2D eigenvalue weighted by atomic mass is 10.1. The summed E-state index contributed by atoms with van der Waals surface area (Å²) in [5.41, 5.74) is 1.08. The minimum atomic E-state index is -0.765. The molecule has 0 saturated carbocycles. The van der Waals surface area contributed by atoms with Crippen LogP contribution in [0.5, 0.6) is 0 Å². The Morgan fingerprint density at radius 1 is 1.35 bits per heavy atom. The molecule has 96 valence electrons. The van der Waals surface area contributed by atoms with Crippen molar-refractivity contribution in [1.29, 1.82) is 0 Å². The van der Waals surface area contributed by atoms with Crippen molar-refractivity contribution in [3.63, 3.8) is 0 Å². The van der Waals surface area contributed by atoms with E-state index in [4.69, 9.17) is 0 Å². The van der Waals surface area contributed by atoms with Crippen molar-refractivity contribution in [2.24, 2.45) is 0 Å². The second kappa shape index (κ2) is 5.84. The lowest BCUT2D eigenvalue weighted by molar-refractivity contribution is 0.0460. The fourth-order valence-electron chi connectivity index (χ4n) is 1.70. The SMILES string of the molecule is CNc1cncc(NCC(C)(O)CN(C)C)c1. The van der Waals surface area contributed by atoms with Crippen molar-refractivity contribution in [3.8, 4) is 0 Å². The van der Waals surface area contributed by atoms with E-state index in [1.54, 1.807) is 12.4 Å². The van der Waals surface area contributed by atoms with Crippen LogP contribution in [0.2, 0.25) is 0 Å². The van der Waals surface area contributed by atoms with Crippen LogP contribution in [0.4, 0.5) is 11.4 Å². The summed E-state index contributed by atoms with van der Waals surface area (Å²) in [6.45, 7) is 2.91. The fraction of sp³-hybridized carbons (Fsp3) is 0.583. The summed E-state index contributed by atoms with van der Waals surface area (Å²) < 4.78 is 0. The van der Waals surface area contributed by atoms with E-state index >= 15 is 0 Å². The molecule has 0 fully saturated rings. The van der Waals surface area contributed by atoms with Gasteiger partial charge in [0.05, 0.1) is 29.4 Å². The Balaban J connectivity index is 2.54. The molecule has 0 aliphatic rings. The van der Waals surface area contributed by atoms with Gasteiger partial charge in [-0.25, -0.2) is 0 Å². The molecule has 0 aromatic carbocycles. The predicted molar refractivity (Wildman–Crippen MR) is 71.5 cm³/mol. The molecule has 17 heavy (non-hydrogen) atoms. The number of likely N-dealkylation sites (N-methyl/N-ethyl adjacent to an activating group) is 1. The number of pyridine rings is 1. The zero-order chi connectivity index (χ0) is 12.9. The van der Waals surface area contributed by atoms with Crippen molar-refractivity contribution < 1.29 is 5.11 Å². The second-order valence-corrected chi connectivity index (χ2v) is 4.80. The highest BCUT2D eigenvalue weighted by Gasteiger charge is 2.20. The third-order valence-electron chi connectivity index (χ3n) is 2.36. The maximum absolute atomic E-state index is 10.1. The smallest absolute Gasteiger partial charge is 0.0917 e.